The van der Waals surface area contributed by atoms with Crippen LogP contribution in [0.2, 0.25) is 10.0 Å². The van der Waals surface area contributed by atoms with Gasteiger partial charge in [0.1, 0.15) is 0 Å². The summed E-state index contributed by atoms with van der Waals surface area (Å²) in [5.74, 6) is 0. The van der Waals surface area contributed by atoms with Crippen molar-refractivity contribution in [3.8, 4) is 0 Å². The van der Waals surface area contributed by atoms with Gasteiger partial charge < -0.3 is 5.32 Å². The molecule has 0 heterocycles. The molecule has 4 heteroatoms. The predicted octanol–water partition coefficient (Wildman–Crippen LogP) is 5.37. The SMILES string of the molecule is CNC(c1ccc(Cl)c(Cl)c1)c1cc(Br)ccc1C. The fraction of sp³-hybridized carbons (Fsp3) is 0.200. The van der Waals surface area contributed by atoms with Gasteiger partial charge in [-0.3, -0.25) is 0 Å². The Morgan fingerprint density at radius 1 is 1.05 bits per heavy atom. The third kappa shape index (κ3) is 3.32. The van der Waals surface area contributed by atoms with Gasteiger partial charge >= 0.3 is 0 Å². The number of hydrogen-bond donors (Lipinski definition) is 1. The van der Waals surface area contributed by atoms with Gasteiger partial charge in [-0.2, -0.15) is 0 Å². The lowest BCUT2D eigenvalue weighted by molar-refractivity contribution is 0.687. The van der Waals surface area contributed by atoms with Crippen LogP contribution >= 0.6 is 39.1 Å². The molecule has 1 atom stereocenters. The minimum absolute atomic E-state index is 0.0901. The first kappa shape index (κ1) is 14.9. The van der Waals surface area contributed by atoms with Crippen LogP contribution in [0.15, 0.2) is 40.9 Å². The zero-order chi connectivity index (χ0) is 14.0. The van der Waals surface area contributed by atoms with Crippen molar-refractivity contribution in [1.82, 2.24) is 5.32 Å². The second kappa shape index (κ2) is 6.27. The minimum atomic E-state index is 0.0901. The molecule has 0 aromatic heterocycles. The van der Waals surface area contributed by atoms with Crippen molar-refractivity contribution in [2.24, 2.45) is 0 Å². The van der Waals surface area contributed by atoms with E-state index in [2.05, 4.69) is 40.3 Å². The van der Waals surface area contributed by atoms with Crippen LogP contribution in [-0.2, 0) is 0 Å². The third-order valence-electron chi connectivity index (χ3n) is 3.12. The van der Waals surface area contributed by atoms with E-state index in [-0.39, 0.29) is 6.04 Å². The van der Waals surface area contributed by atoms with Crippen molar-refractivity contribution < 1.29 is 0 Å². The van der Waals surface area contributed by atoms with Gasteiger partial charge in [-0.25, -0.2) is 0 Å². The van der Waals surface area contributed by atoms with Crippen molar-refractivity contribution in [1.29, 1.82) is 0 Å². The summed E-state index contributed by atoms with van der Waals surface area (Å²) in [6.45, 7) is 2.10. The summed E-state index contributed by atoms with van der Waals surface area (Å²) in [5, 5.41) is 4.48. The van der Waals surface area contributed by atoms with Crippen LogP contribution in [0.25, 0.3) is 0 Å². The Kier molecular flexibility index (Phi) is 4.91. The average Bonchev–Trinajstić information content (AvgIpc) is 2.38. The topological polar surface area (TPSA) is 12.0 Å². The number of benzene rings is 2. The highest BCUT2D eigenvalue weighted by atomic mass is 79.9. The van der Waals surface area contributed by atoms with Crippen LogP contribution in [0.3, 0.4) is 0 Å². The molecule has 2 aromatic carbocycles. The van der Waals surface area contributed by atoms with Gasteiger partial charge in [0.05, 0.1) is 16.1 Å². The molecule has 0 saturated carbocycles. The van der Waals surface area contributed by atoms with Gasteiger partial charge in [-0.15, -0.1) is 0 Å². The molecule has 19 heavy (non-hydrogen) atoms. The quantitative estimate of drug-likeness (QED) is 0.777. The second-order valence-corrected chi connectivity index (χ2v) is 6.13. The Morgan fingerprint density at radius 2 is 1.79 bits per heavy atom. The molecule has 1 N–H and O–H groups in total. The molecule has 0 amide bonds. The first-order valence-electron chi connectivity index (χ1n) is 5.91. The maximum Gasteiger partial charge on any atom is 0.0595 e. The van der Waals surface area contributed by atoms with Gasteiger partial charge in [-0.05, 0) is 54.9 Å². The van der Waals surface area contributed by atoms with Crippen LogP contribution in [0.5, 0.6) is 0 Å². The van der Waals surface area contributed by atoms with E-state index in [1.165, 1.54) is 11.1 Å². The van der Waals surface area contributed by atoms with Gasteiger partial charge in [0.15, 0.2) is 0 Å². The highest BCUT2D eigenvalue weighted by Gasteiger charge is 2.15. The molecule has 0 radical (unpaired) electrons. The summed E-state index contributed by atoms with van der Waals surface area (Å²) < 4.78 is 1.06. The van der Waals surface area contributed by atoms with E-state index in [4.69, 9.17) is 23.2 Å². The van der Waals surface area contributed by atoms with Crippen LogP contribution < -0.4 is 5.32 Å². The number of hydrogen-bond acceptors (Lipinski definition) is 1. The predicted molar refractivity (Wildman–Crippen MR) is 86.2 cm³/mol. The van der Waals surface area contributed by atoms with Gasteiger partial charge in [0.25, 0.3) is 0 Å². The maximum absolute atomic E-state index is 6.10. The molecule has 0 spiro atoms. The molecule has 0 aliphatic carbocycles. The van der Waals surface area contributed by atoms with E-state index in [1.54, 1.807) is 0 Å². The van der Waals surface area contributed by atoms with Crippen molar-refractivity contribution in [3.05, 3.63) is 67.6 Å². The third-order valence-corrected chi connectivity index (χ3v) is 4.35. The molecule has 100 valence electrons. The van der Waals surface area contributed by atoms with E-state index in [0.29, 0.717) is 10.0 Å². The summed E-state index contributed by atoms with van der Waals surface area (Å²) >= 11 is 15.6. The smallest absolute Gasteiger partial charge is 0.0595 e. The zero-order valence-corrected chi connectivity index (χ0v) is 13.8. The molecular weight excluding hydrogens is 345 g/mol. The van der Waals surface area contributed by atoms with Gasteiger partial charge in [0, 0.05) is 4.47 Å². The Morgan fingerprint density at radius 3 is 2.42 bits per heavy atom. The fourth-order valence-electron chi connectivity index (χ4n) is 2.12. The maximum atomic E-state index is 6.10. The first-order chi connectivity index (χ1) is 9.02. The average molecular weight is 359 g/mol. The molecule has 2 rings (SSSR count). The van der Waals surface area contributed by atoms with E-state index in [1.807, 2.05) is 31.3 Å². The zero-order valence-electron chi connectivity index (χ0n) is 10.7. The number of aryl methyl sites for hydroxylation is 1. The summed E-state index contributed by atoms with van der Waals surface area (Å²) in [6, 6.07) is 12.1. The number of nitrogens with one attached hydrogen (secondary N) is 1. The van der Waals surface area contributed by atoms with Crippen molar-refractivity contribution in [3.63, 3.8) is 0 Å². The van der Waals surface area contributed by atoms with E-state index in [0.717, 1.165) is 10.0 Å². The van der Waals surface area contributed by atoms with E-state index in [9.17, 15) is 0 Å². The Hall–Kier alpha value is -0.540. The van der Waals surface area contributed by atoms with Crippen LogP contribution in [-0.4, -0.2) is 7.05 Å². The summed E-state index contributed by atoms with van der Waals surface area (Å²) in [6.07, 6.45) is 0. The number of halogens is 3. The molecule has 0 bridgehead atoms. The standard InChI is InChI=1S/C15H14BrCl2N/c1-9-3-5-11(16)8-12(9)15(19-2)10-4-6-13(17)14(18)7-10/h3-8,15,19H,1-2H3. The van der Waals surface area contributed by atoms with Crippen molar-refractivity contribution in [2.75, 3.05) is 7.05 Å². The van der Waals surface area contributed by atoms with Crippen molar-refractivity contribution in [2.45, 2.75) is 13.0 Å². The molecule has 0 aliphatic rings. The van der Waals surface area contributed by atoms with Crippen LogP contribution in [0.1, 0.15) is 22.7 Å². The second-order valence-electron chi connectivity index (χ2n) is 4.40. The molecular formula is C15H14BrCl2N. The van der Waals surface area contributed by atoms with Gasteiger partial charge in [-0.1, -0.05) is 51.3 Å². The molecule has 2 aromatic rings. The molecule has 0 fully saturated rings. The largest absolute Gasteiger partial charge is 0.309 e. The Labute approximate surface area is 132 Å². The lowest BCUT2D eigenvalue weighted by Gasteiger charge is -2.20. The molecule has 0 aliphatic heterocycles. The first-order valence-corrected chi connectivity index (χ1v) is 7.46. The van der Waals surface area contributed by atoms with Crippen molar-refractivity contribution >= 4 is 39.1 Å². The Bertz CT molecular complexity index is 599. The molecule has 1 unspecified atom stereocenters. The monoisotopic (exact) mass is 357 g/mol. The van der Waals surface area contributed by atoms with Crippen LogP contribution in [0, 0.1) is 6.92 Å². The highest BCUT2D eigenvalue weighted by Crippen LogP contribution is 2.31. The summed E-state index contributed by atoms with van der Waals surface area (Å²) in [7, 11) is 1.94. The normalized spacial score (nSPS) is 12.5. The lowest BCUT2D eigenvalue weighted by Crippen LogP contribution is -2.18. The van der Waals surface area contributed by atoms with E-state index < -0.39 is 0 Å². The van der Waals surface area contributed by atoms with E-state index >= 15 is 0 Å². The summed E-state index contributed by atoms with van der Waals surface area (Å²) in [4.78, 5) is 0. The Balaban J connectivity index is 2.49. The van der Waals surface area contributed by atoms with Crippen LogP contribution in [0.4, 0.5) is 0 Å². The number of rotatable bonds is 3. The molecule has 1 nitrogen and oxygen atoms in total. The highest BCUT2D eigenvalue weighted by molar-refractivity contribution is 9.10. The summed E-state index contributed by atoms with van der Waals surface area (Å²) in [5.41, 5.74) is 3.54. The minimum Gasteiger partial charge on any atom is -0.309 e. The fourth-order valence-corrected chi connectivity index (χ4v) is 2.80. The molecule has 0 saturated heterocycles. The van der Waals surface area contributed by atoms with Gasteiger partial charge in [0.2, 0.25) is 0 Å². The lowest BCUT2D eigenvalue weighted by atomic mass is 9.95.